The van der Waals surface area contributed by atoms with Gasteiger partial charge in [0.15, 0.2) is 5.96 Å². The van der Waals surface area contributed by atoms with Gasteiger partial charge in [0.2, 0.25) is 0 Å². The molecule has 2 N–H and O–H groups in total. The number of halogens is 1. The number of nitrogens with zero attached hydrogens (tertiary/aromatic N) is 2. The molecule has 0 bridgehead atoms. The fourth-order valence-corrected chi connectivity index (χ4v) is 3.13. The molecule has 1 unspecified atom stereocenters. The summed E-state index contributed by atoms with van der Waals surface area (Å²) in [5.74, 6) is 2.13. The Bertz CT molecular complexity index is 702. The van der Waals surface area contributed by atoms with Gasteiger partial charge in [-0.2, -0.15) is 0 Å². The van der Waals surface area contributed by atoms with E-state index in [1.165, 1.54) is 0 Å². The molecule has 5 nitrogen and oxygen atoms in total. The van der Waals surface area contributed by atoms with Gasteiger partial charge in [-0.05, 0) is 31.4 Å². The van der Waals surface area contributed by atoms with Crippen molar-refractivity contribution in [3.63, 3.8) is 0 Å². The van der Waals surface area contributed by atoms with Crippen molar-refractivity contribution in [2.24, 2.45) is 4.99 Å². The van der Waals surface area contributed by atoms with Gasteiger partial charge in [-0.3, -0.25) is 4.99 Å². The average Bonchev–Trinajstić information content (AvgIpc) is 3.06. The van der Waals surface area contributed by atoms with Crippen molar-refractivity contribution in [3.8, 4) is 5.75 Å². The van der Waals surface area contributed by atoms with Crippen LogP contribution in [0.25, 0.3) is 0 Å². The summed E-state index contributed by atoms with van der Waals surface area (Å²) >= 11 is 1.68. The van der Waals surface area contributed by atoms with Crippen LogP contribution in [0.5, 0.6) is 5.75 Å². The van der Waals surface area contributed by atoms with Crippen molar-refractivity contribution < 1.29 is 4.74 Å². The summed E-state index contributed by atoms with van der Waals surface area (Å²) in [5.41, 5.74) is 2.28. The first-order valence-electron chi connectivity index (χ1n) is 8.60. The summed E-state index contributed by atoms with van der Waals surface area (Å²) in [6, 6.07) is 8.05. The van der Waals surface area contributed by atoms with E-state index in [4.69, 9.17) is 4.74 Å². The summed E-state index contributed by atoms with van der Waals surface area (Å²) < 4.78 is 5.98. The third-order valence-electron chi connectivity index (χ3n) is 3.77. The number of thiazole rings is 1. The lowest BCUT2D eigenvalue weighted by atomic mass is 10.2. The van der Waals surface area contributed by atoms with E-state index >= 15 is 0 Å². The number of hydrogen-bond donors (Lipinski definition) is 2. The van der Waals surface area contributed by atoms with Crippen LogP contribution in [0.2, 0.25) is 0 Å². The minimum atomic E-state index is 0. The Morgan fingerprint density at radius 3 is 2.58 bits per heavy atom. The molecule has 0 aliphatic heterocycles. The molecule has 1 atom stereocenters. The molecule has 0 saturated carbocycles. The van der Waals surface area contributed by atoms with Gasteiger partial charge in [-0.25, -0.2) is 4.98 Å². The number of hydrogen-bond acceptors (Lipinski definition) is 4. The first kappa shape index (κ1) is 22.7. The molecule has 0 aliphatic rings. The van der Waals surface area contributed by atoms with E-state index in [0.29, 0.717) is 19.0 Å². The Morgan fingerprint density at radius 1 is 1.23 bits per heavy atom. The molecule has 1 aromatic carbocycles. The highest BCUT2D eigenvalue weighted by molar-refractivity contribution is 14.0. The predicted molar refractivity (Wildman–Crippen MR) is 121 cm³/mol. The number of nitrogens with one attached hydrogen (secondary N) is 2. The molecule has 0 spiro atoms. The topological polar surface area (TPSA) is 58.5 Å². The molecule has 2 aromatic rings. The Labute approximate surface area is 177 Å². The van der Waals surface area contributed by atoms with E-state index in [9.17, 15) is 0 Å². The Morgan fingerprint density at radius 2 is 1.96 bits per heavy atom. The number of guanidine groups is 1. The second kappa shape index (κ2) is 11.4. The smallest absolute Gasteiger partial charge is 0.191 e. The lowest BCUT2D eigenvalue weighted by Crippen LogP contribution is -2.41. The zero-order valence-corrected chi connectivity index (χ0v) is 19.2. The van der Waals surface area contributed by atoms with Crippen LogP contribution in [-0.4, -0.2) is 30.6 Å². The normalized spacial score (nSPS) is 12.5. The molecule has 1 heterocycles. The second-order valence-electron chi connectivity index (χ2n) is 6.32. The number of ether oxygens (including phenoxy) is 1. The van der Waals surface area contributed by atoms with E-state index in [1.807, 2.05) is 25.1 Å². The average molecular weight is 488 g/mol. The van der Waals surface area contributed by atoms with Crippen LogP contribution in [0, 0.1) is 6.92 Å². The zero-order valence-electron chi connectivity index (χ0n) is 16.1. The van der Waals surface area contributed by atoms with Gasteiger partial charge in [0.25, 0.3) is 0 Å². The van der Waals surface area contributed by atoms with E-state index in [1.54, 1.807) is 18.4 Å². The lowest BCUT2D eigenvalue weighted by molar-refractivity contribution is 0.222. The first-order chi connectivity index (χ1) is 12.0. The van der Waals surface area contributed by atoms with E-state index in [2.05, 4.69) is 52.8 Å². The van der Waals surface area contributed by atoms with Gasteiger partial charge in [-0.15, -0.1) is 35.3 Å². The minimum Gasteiger partial charge on any atom is -0.489 e. The first-order valence-corrected chi connectivity index (χ1v) is 9.48. The SMILES string of the molecule is CN=C(NCc1nc(C(C)C)cs1)NCC(C)Oc1ccccc1C.I. The monoisotopic (exact) mass is 488 g/mol. The summed E-state index contributed by atoms with van der Waals surface area (Å²) in [7, 11) is 1.77. The molecule has 144 valence electrons. The Hall–Kier alpha value is -1.35. The van der Waals surface area contributed by atoms with Crippen LogP contribution >= 0.6 is 35.3 Å². The number of para-hydroxylation sites is 1. The maximum absolute atomic E-state index is 5.98. The molecule has 26 heavy (non-hydrogen) atoms. The molecule has 1 aromatic heterocycles. The fraction of sp³-hybridized carbons (Fsp3) is 0.474. The van der Waals surface area contributed by atoms with Gasteiger partial charge >= 0.3 is 0 Å². The maximum atomic E-state index is 5.98. The van der Waals surface area contributed by atoms with Crippen LogP contribution < -0.4 is 15.4 Å². The Kier molecular flexibility index (Phi) is 9.93. The molecule has 0 saturated heterocycles. The van der Waals surface area contributed by atoms with Crippen LogP contribution in [0.3, 0.4) is 0 Å². The molecule has 0 aliphatic carbocycles. The highest BCUT2D eigenvalue weighted by Crippen LogP contribution is 2.18. The number of rotatable bonds is 7. The van der Waals surface area contributed by atoms with Gasteiger partial charge in [-0.1, -0.05) is 32.0 Å². The quantitative estimate of drug-likeness (QED) is 0.346. The van der Waals surface area contributed by atoms with E-state index < -0.39 is 0 Å². The number of aryl methyl sites for hydroxylation is 1. The van der Waals surface area contributed by atoms with Crippen molar-refractivity contribution in [1.29, 1.82) is 0 Å². The third-order valence-corrected chi connectivity index (χ3v) is 4.64. The molecule has 0 fully saturated rings. The third kappa shape index (κ3) is 7.11. The van der Waals surface area contributed by atoms with E-state index in [-0.39, 0.29) is 30.1 Å². The lowest BCUT2D eigenvalue weighted by Gasteiger charge is -2.18. The van der Waals surface area contributed by atoms with E-state index in [0.717, 1.165) is 28.0 Å². The second-order valence-corrected chi connectivity index (χ2v) is 7.26. The van der Waals surface area contributed by atoms with Gasteiger partial charge in [0.1, 0.15) is 16.9 Å². The molecule has 7 heteroatoms. The molecular weight excluding hydrogens is 459 g/mol. The molecule has 0 radical (unpaired) electrons. The summed E-state index contributed by atoms with van der Waals surface area (Å²) in [5, 5.41) is 9.79. The molecule has 0 amide bonds. The summed E-state index contributed by atoms with van der Waals surface area (Å²) in [6.07, 6.45) is 0.0343. The van der Waals surface area contributed by atoms with Crippen LogP contribution in [0.15, 0.2) is 34.6 Å². The summed E-state index contributed by atoms with van der Waals surface area (Å²) in [6.45, 7) is 9.75. The number of aliphatic imine (C=N–C) groups is 1. The summed E-state index contributed by atoms with van der Waals surface area (Å²) in [4.78, 5) is 8.88. The van der Waals surface area contributed by atoms with Gasteiger partial charge in [0, 0.05) is 12.4 Å². The largest absolute Gasteiger partial charge is 0.489 e. The van der Waals surface area contributed by atoms with Crippen molar-refractivity contribution in [2.45, 2.75) is 46.3 Å². The predicted octanol–water partition coefficient (Wildman–Crippen LogP) is 4.33. The van der Waals surface area contributed by atoms with Crippen LogP contribution in [0.4, 0.5) is 0 Å². The van der Waals surface area contributed by atoms with Gasteiger partial charge < -0.3 is 15.4 Å². The number of aromatic nitrogens is 1. The Balaban J connectivity index is 0.00000338. The fourth-order valence-electron chi connectivity index (χ4n) is 2.24. The van der Waals surface area contributed by atoms with Crippen molar-refractivity contribution >= 4 is 41.3 Å². The van der Waals surface area contributed by atoms with Gasteiger partial charge in [0.05, 0.1) is 18.8 Å². The van der Waals surface area contributed by atoms with Crippen LogP contribution in [-0.2, 0) is 6.54 Å². The molecule has 2 rings (SSSR count). The van der Waals surface area contributed by atoms with Crippen molar-refractivity contribution in [3.05, 3.63) is 45.9 Å². The maximum Gasteiger partial charge on any atom is 0.191 e. The molecular formula is C19H29IN4OS. The highest BCUT2D eigenvalue weighted by atomic mass is 127. The highest BCUT2D eigenvalue weighted by Gasteiger charge is 2.09. The number of benzene rings is 1. The standard InChI is InChI=1S/C19H28N4OS.HI/c1-13(2)16-12-25-18(23-16)11-22-19(20-5)21-10-15(4)24-17-9-7-6-8-14(17)3;/h6-9,12-13,15H,10-11H2,1-5H3,(H2,20,21,22);1H. The van der Waals surface area contributed by atoms with Crippen LogP contribution in [0.1, 0.15) is 43.0 Å². The van der Waals surface area contributed by atoms with Crippen molar-refractivity contribution in [2.75, 3.05) is 13.6 Å². The van der Waals surface area contributed by atoms with Crippen molar-refractivity contribution in [1.82, 2.24) is 15.6 Å². The zero-order chi connectivity index (χ0) is 18.2. The minimum absolute atomic E-state index is 0.